The molecule has 0 radical (unpaired) electrons. The molecule has 0 bridgehead atoms. The number of rotatable bonds is 8. The molecule has 0 saturated carbocycles. The molecule has 9 heteroatoms. The molecule has 33 heavy (non-hydrogen) atoms. The van der Waals surface area contributed by atoms with Crippen LogP contribution in [0, 0.1) is 6.92 Å². The highest BCUT2D eigenvalue weighted by atomic mass is 79.9. The Hall–Kier alpha value is -2.88. The number of hydrogen-bond donors (Lipinski definition) is 1. The van der Waals surface area contributed by atoms with Crippen molar-refractivity contribution < 1.29 is 9.59 Å². The van der Waals surface area contributed by atoms with Crippen LogP contribution in [-0.4, -0.2) is 27.9 Å². The number of amides is 2. The van der Waals surface area contributed by atoms with E-state index < -0.39 is 6.04 Å². The van der Waals surface area contributed by atoms with E-state index in [1.807, 2.05) is 73.0 Å². The van der Waals surface area contributed by atoms with Gasteiger partial charge in [-0.25, -0.2) is 0 Å². The van der Waals surface area contributed by atoms with Gasteiger partial charge in [-0.1, -0.05) is 47.0 Å². The highest BCUT2D eigenvalue weighted by Gasteiger charge is 2.36. The standard InChI is InChI=1S/C24H21BrN4O2S2/c1-16-12-14-32-22(16)21(23(30)26-13-11-17-7-3-2-4-8-17)29(20-10-6-5-9-18(20)25)24(31)19-15-33-28-27-19/h2-10,12,14-15,21H,11,13H2,1H3,(H,26,30). The van der Waals surface area contributed by atoms with Crippen molar-refractivity contribution in [1.82, 2.24) is 14.9 Å². The number of anilines is 1. The first kappa shape index (κ1) is 23.3. The SMILES string of the molecule is Cc1ccsc1C(C(=O)NCCc1ccccc1)N(C(=O)c1csnn1)c1ccccc1Br. The summed E-state index contributed by atoms with van der Waals surface area (Å²) in [4.78, 5) is 29.6. The molecule has 0 saturated heterocycles. The van der Waals surface area contributed by atoms with Gasteiger partial charge in [0.15, 0.2) is 11.7 Å². The average Bonchev–Trinajstić information content (AvgIpc) is 3.51. The van der Waals surface area contributed by atoms with E-state index in [9.17, 15) is 9.59 Å². The molecule has 168 valence electrons. The molecule has 2 aromatic heterocycles. The second-order valence-electron chi connectivity index (χ2n) is 7.31. The van der Waals surface area contributed by atoms with Crippen LogP contribution in [0.15, 0.2) is 75.9 Å². The van der Waals surface area contributed by atoms with E-state index in [2.05, 4.69) is 30.8 Å². The molecule has 2 amide bonds. The van der Waals surface area contributed by atoms with Crippen molar-refractivity contribution in [3.05, 3.63) is 97.6 Å². The van der Waals surface area contributed by atoms with Crippen molar-refractivity contribution in [2.24, 2.45) is 0 Å². The van der Waals surface area contributed by atoms with Crippen LogP contribution < -0.4 is 10.2 Å². The number of aryl methyl sites for hydroxylation is 1. The molecule has 2 heterocycles. The Bertz CT molecular complexity index is 1230. The van der Waals surface area contributed by atoms with Crippen molar-refractivity contribution >= 4 is 56.3 Å². The molecule has 0 spiro atoms. The first-order valence-corrected chi connectivity index (χ1v) is 12.8. The quantitative estimate of drug-likeness (QED) is 0.324. The molecule has 1 N–H and O–H groups in total. The molecule has 0 aliphatic heterocycles. The number of thiophene rings is 1. The topological polar surface area (TPSA) is 75.2 Å². The molecule has 4 rings (SSSR count). The molecule has 0 aliphatic rings. The zero-order valence-corrected chi connectivity index (χ0v) is 21.0. The summed E-state index contributed by atoms with van der Waals surface area (Å²) in [5.74, 6) is -0.629. The van der Waals surface area contributed by atoms with E-state index in [1.165, 1.54) is 16.2 Å². The zero-order valence-electron chi connectivity index (χ0n) is 17.8. The lowest BCUT2D eigenvalue weighted by Gasteiger charge is -2.31. The lowest BCUT2D eigenvalue weighted by atomic mass is 10.1. The Morgan fingerprint density at radius 1 is 1.09 bits per heavy atom. The lowest BCUT2D eigenvalue weighted by molar-refractivity contribution is -0.122. The highest BCUT2D eigenvalue weighted by molar-refractivity contribution is 9.10. The summed E-state index contributed by atoms with van der Waals surface area (Å²) in [6.07, 6.45) is 0.696. The van der Waals surface area contributed by atoms with Crippen LogP contribution >= 0.6 is 38.8 Å². The second kappa shape index (κ2) is 10.8. The Morgan fingerprint density at radius 2 is 1.85 bits per heavy atom. The predicted octanol–water partition coefficient (Wildman–Crippen LogP) is 5.42. The van der Waals surface area contributed by atoms with Gasteiger partial charge in [-0.15, -0.1) is 16.4 Å². The maximum Gasteiger partial charge on any atom is 0.280 e. The minimum Gasteiger partial charge on any atom is -0.354 e. The molecule has 1 unspecified atom stereocenters. The van der Waals surface area contributed by atoms with Gasteiger partial charge in [0.2, 0.25) is 5.91 Å². The highest BCUT2D eigenvalue weighted by Crippen LogP contribution is 2.37. The molecule has 0 fully saturated rings. The second-order valence-corrected chi connectivity index (χ2v) is 9.73. The van der Waals surface area contributed by atoms with Crippen molar-refractivity contribution in [2.45, 2.75) is 19.4 Å². The third-order valence-corrected chi connectivity index (χ3v) is 7.37. The number of carbonyl (C=O) groups is 2. The summed E-state index contributed by atoms with van der Waals surface area (Å²) in [5, 5.41) is 10.5. The fraction of sp³-hybridized carbons (Fsp3) is 0.167. The van der Waals surface area contributed by atoms with Crippen LogP contribution in [0.5, 0.6) is 0 Å². The van der Waals surface area contributed by atoms with E-state index in [0.717, 1.165) is 27.5 Å². The number of aromatic nitrogens is 2. The third kappa shape index (κ3) is 5.38. The Balaban J connectivity index is 1.71. The van der Waals surface area contributed by atoms with Crippen molar-refractivity contribution in [1.29, 1.82) is 0 Å². The van der Waals surface area contributed by atoms with Crippen molar-refractivity contribution in [3.8, 4) is 0 Å². The Labute approximate surface area is 208 Å². The van der Waals surface area contributed by atoms with Crippen molar-refractivity contribution in [3.63, 3.8) is 0 Å². The summed E-state index contributed by atoms with van der Waals surface area (Å²) in [7, 11) is 0. The van der Waals surface area contributed by atoms with Gasteiger partial charge in [0.25, 0.3) is 5.91 Å². The molecule has 6 nitrogen and oxygen atoms in total. The number of carbonyl (C=O) groups excluding carboxylic acids is 2. The first-order valence-electron chi connectivity index (χ1n) is 10.3. The van der Waals surface area contributed by atoms with Gasteiger partial charge in [0.05, 0.1) is 5.69 Å². The number of hydrogen-bond acceptors (Lipinski definition) is 6. The summed E-state index contributed by atoms with van der Waals surface area (Å²) < 4.78 is 4.55. The predicted molar refractivity (Wildman–Crippen MR) is 136 cm³/mol. The van der Waals surface area contributed by atoms with Gasteiger partial charge in [0.1, 0.15) is 0 Å². The minimum absolute atomic E-state index is 0.201. The molecule has 2 aromatic carbocycles. The van der Waals surface area contributed by atoms with E-state index >= 15 is 0 Å². The largest absolute Gasteiger partial charge is 0.354 e. The number of halogens is 1. The van der Waals surface area contributed by atoms with Crippen LogP contribution in [0.3, 0.4) is 0 Å². The third-order valence-electron chi connectivity index (χ3n) is 5.12. The normalized spacial score (nSPS) is 11.7. The van der Waals surface area contributed by atoms with Gasteiger partial charge in [-0.3, -0.25) is 14.5 Å². The van der Waals surface area contributed by atoms with Gasteiger partial charge in [0, 0.05) is 21.3 Å². The van der Waals surface area contributed by atoms with E-state index in [0.29, 0.717) is 23.1 Å². The van der Waals surface area contributed by atoms with Crippen LogP contribution in [-0.2, 0) is 11.2 Å². The van der Waals surface area contributed by atoms with Crippen LogP contribution in [0.4, 0.5) is 5.69 Å². The first-order chi connectivity index (χ1) is 16.1. The van der Waals surface area contributed by atoms with Crippen molar-refractivity contribution in [2.75, 3.05) is 11.4 Å². The fourth-order valence-electron chi connectivity index (χ4n) is 3.48. The van der Waals surface area contributed by atoms with E-state index in [4.69, 9.17) is 0 Å². The molecule has 0 aliphatic carbocycles. The molecular weight excluding hydrogens is 520 g/mol. The number of benzene rings is 2. The van der Waals surface area contributed by atoms with Crippen LogP contribution in [0.1, 0.15) is 32.5 Å². The summed E-state index contributed by atoms with van der Waals surface area (Å²) in [6, 6.07) is 18.4. The lowest BCUT2D eigenvalue weighted by Crippen LogP contribution is -2.44. The minimum atomic E-state index is -0.853. The van der Waals surface area contributed by atoms with Gasteiger partial charge in [-0.2, -0.15) is 0 Å². The molecular formula is C24H21BrN4O2S2. The fourth-order valence-corrected chi connectivity index (χ4v) is 5.40. The van der Waals surface area contributed by atoms with E-state index in [-0.39, 0.29) is 17.5 Å². The average molecular weight is 541 g/mol. The monoisotopic (exact) mass is 540 g/mol. The van der Waals surface area contributed by atoms with Gasteiger partial charge >= 0.3 is 0 Å². The maximum atomic E-state index is 13.6. The summed E-state index contributed by atoms with van der Waals surface area (Å²) in [5.41, 5.74) is 2.87. The Kier molecular flexibility index (Phi) is 7.64. The maximum absolute atomic E-state index is 13.6. The summed E-state index contributed by atoms with van der Waals surface area (Å²) in [6.45, 7) is 2.41. The van der Waals surface area contributed by atoms with Gasteiger partial charge in [-0.05, 0) is 75.5 Å². The molecule has 1 atom stereocenters. The van der Waals surface area contributed by atoms with Crippen LogP contribution in [0.25, 0.3) is 0 Å². The number of nitrogens with one attached hydrogen (secondary N) is 1. The zero-order chi connectivity index (χ0) is 23.2. The van der Waals surface area contributed by atoms with Gasteiger partial charge < -0.3 is 5.32 Å². The smallest absolute Gasteiger partial charge is 0.280 e. The number of para-hydroxylation sites is 1. The van der Waals surface area contributed by atoms with E-state index in [1.54, 1.807) is 5.38 Å². The van der Waals surface area contributed by atoms with Crippen LogP contribution in [0.2, 0.25) is 0 Å². The Morgan fingerprint density at radius 3 is 2.52 bits per heavy atom. The number of nitrogens with zero attached hydrogens (tertiary/aromatic N) is 3. The summed E-state index contributed by atoms with van der Waals surface area (Å²) >= 11 is 6.11. The molecule has 4 aromatic rings.